The first kappa shape index (κ1) is 11.1. The third-order valence-corrected chi connectivity index (χ3v) is 2.41. The second-order valence-corrected chi connectivity index (χ2v) is 3.39. The maximum absolute atomic E-state index is 11.8. The van der Waals surface area contributed by atoms with Crippen LogP contribution in [0.2, 0.25) is 0 Å². The maximum Gasteiger partial charge on any atom is 0.408 e. The summed E-state index contributed by atoms with van der Waals surface area (Å²) in [5.41, 5.74) is 0.663. The van der Waals surface area contributed by atoms with E-state index < -0.39 is 17.9 Å². The van der Waals surface area contributed by atoms with Gasteiger partial charge in [0.15, 0.2) is 6.73 Å². The molecule has 0 radical (unpaired) electrons. The fraction of sp³-hybridized carbons (Fsp3) is 0.182. The van der Waals surface area contributed by atoms with Gasteiger partial charge in [0, 0.05) is 7.05 Å². The first-order chi connectivity index (χ1) is 8.15. The minimum absolute atomic E-state index is 0.331. The summed E-state index contributed by atoms with van der Waals surface area (Å²) in [4.78, 5) is 35.4. The maximum atomic E-state index is 11.8. The molecule has 88 valence electrons. The zero-order valence-corrected chi connectivity index (χ0v) is 9.10. The van der Waals surface area contributed by atoms with E-state index in [0.29, 0.717) is 11.1 Å². The van der Waals surface area contributed by atoms with Crippen molar-refractivity contribution in [3.63, 3.8) is 0 Å². The molecule has 6 nitrogen and oxygen atoms in total. The lowest BCUT2D eigenvalue weighted by Crippen LogP contribution is -2.35. The van der Waals surface area contributed by atoms with Gasteiger partial charge >= 0.3 is 6.09 Å². The Morgan fingerprint density at radius 1 is 1.24 bits per heavy atom. The molecule has 0 saturated carbocycles. The summed E-state index contributed by atoms with van der Waals surface area (Å²) in [7, 11) is 1.39. The lowest BCUT2D eigenvalue weighted by atomic mass is 10.1. The van der Waals surface area contributed by atoms with Crippen molar-refractivity contribution in [3.05, 3.63) is 35.4 Å². The van der Waals surface area contributed by atoms with Crippen molar-refractivity contribution in [2.75, 3.05) is 13.8 Å². The largest absolute Gasteiger partial charge is 0.428 e. The lowest BCUT2D eigenvalue weighted by molar-refractivity contribution is 0.0431. The molecule has 0 bridgehead atoms. The molecule has 3 amide bonds. The number of nitrogens with zero attached hydrogens (tertiary/aromatic N) is 1. The van der Waals surface area contributed by atoms with Crippen molar-refractivity contribution in [2.45, 2.75) is 0 Å². The first-order valence-corrected chi connectivity index (χ1v) is 4.95. The summed E-state index contributed by atoms with van der Waals surface area (Å²) < 4.78 is 4.68. The molecule has 1 heterocycles. The highest BCUT2D eigenvalue weighted by molar-refractivity contribution is 6.21. The summed E-state index contributed by atoms with van der Waals surface area (Å²) in [5, 5.41) is 2.23. The number of carbonyl (C=O) groups excluding carboxylic acids is 3. The molecular formula is C11H10N2O4. The van der Waals surface area contributed by atoms with Crippen LogP contribution in [-0.2, 0) is 4.74 Å². The molecule has 0 unspecified atom stereocenters. The van der Waals surface area contributed by atoms with E-state index >= 15 is 0 Å². The van der Waals surface area contributed by atoms with Crippen LogP contribution in [0.15, 0.2) is 24.3 Å². The molecule has 1 aromatic rings. The van der Waals surface area contributed by atoms with Gasteiger partial charge in [0.05, 0.1) is 11.1 Å². The highest BCUT2D eigenvalue weighted by Crippen LogP contribution is 2.21. The highest BCUT2D eigenvalue weighted by atomic mass is 16.6. The normalized spacial score (nSPS) is 13.6. The van der Waals surface area contributed by atoms with Gasteiger partial charge in [-0.2, -0.15) is 0 Å². The van der Waals surface area contributed by atoms with Crippen LogP contribution in [0.5, 0.6) is 0 Å². The number of imide groups is 1. The molecule has 0 aromatic heterocycles. The van der Waals surface area contributed by atoms with Gasteiger partial charge in [-0.05, 0) is 12.1 Å². The monoisotopic (exact) mass is 234 g/mol. The van der Waals surface area contributed by atoms with Gasteiger partial charge < -0.3 is 10.1 Å². The van der Waals surface area contributed by atoms with Crippen LogP contribution in [0, 0.1) is 0 Å². The number of alkyl carbamates (subject to hydrolysis) is 1. The summed E-state index contributed by atoms with van der Waals surface area (Å²) >= 11 is 0. The number of benzene rings is 1. The number of fused-ring (bicyclic) bond motifs is 1. The number of hydrogen-bond acceptors (Lipinski definition) is 4. The van der Waals surface area contributed by atoms with Crippen LogP contribution in [0.3, 0.4) is 0 Å². The number of ether oxygens (including phenoxy) is 1. The number of amides is 3. The van der Waals surface area contributed by atoms with Gasteiger partial charge in [-0.15, -0.1) is 0 Å². The summed E-state index contributed by atoms with van der Waals surface area (Å²) in [5.74, 6) is -0.899. The van der Waals surface area contributed by atoms with Crippen LogP contribution in [-0.4, -0.2) is 36.6 Å². The third-order valence-electron chi connectivity index (χ3n) is 2.41. The molecule has 1 aliphatic rings. The summed E-state index contributed by atoms with van der Waals surface area (Å²) in [6, 6.07) is 6.48. The molecule has 0 fully saturated rings. The van der Waals surface area contributed by atoms with Crippen LogP contribution in [0.4, 0.5) is 4.79 Å². The van der Waals surface area contributed by atoms with Crippen molar-refractivity contribution in [1.82, 2.24) is 10.2 Å². The molecule has 0 aliphatic carbocycles. The molecule has 1 aromatic carbocycles. The first-order valence-electron chi connectivity index (χ1n) is 4.95. The van der Waals surface area contributed by atoms with E-state index in [-0.39, 0.29) is 6.73 Å². The van der Waals surface area contributed by atoms with E-state index in [1.807, 2.05) is 0 Å². The van der Waals surface area contributed by atoms with E-state index in [1.54, 1.807) is 24.3 Å². The summed E-state index contributed by atoms with van der Waals surface area (Å²) in [6.07, 6.45) is -0.693. The van der Waals surface area contributed by atoms with Gasteiger partial charge in [0.1, 0.15) is 0 Å². The predicted octanol–water partition coefficient (Wildman–Crippen LogP) is 0.596. The Morgan fingerprint density at radius 3 is 2.24 bits per heavy atom. The molecule has 1 N–H and O–H groups in total. The number of hydrogen-bond donors (Lipinski definition) is 1. The van der Waals surface area contributed by atoms with Gasteiger partial charge in [-0.1, -0.05) is 12.1 Å². The van der Waals surface area contributed by atoms with Crippen LogP contribution < -0.4 is 5.32 Å². The second kappa shape index (κ2) is 4.25. The van der Waals surface area contributed by atoms with E-state index in [1.165, 1.54) is 7.05 Å². The highest BCUT2D eigenvalue weighted by Gasteiger charge is 2.35. The molecule has 6 heteroatoms. The van der Waals surface area contributed by atoms with Gasteiger partial charge in [0.25, 0.3) is 11.8 Å². The van der Waals surface area contributed by atoms with Crippen molar-refractivity contribution in [1.29, 1.82) is 0 Å². The van der Waals surface area contributed by atoms with Crippen LogP contribution in [0.25, 0.3) is 0 Å². The standard InChI is InChI=1S/C11H10N2O4/c1-12-11(16)17-6-13-9(14)7-4-2-3-5-8(7)10(13)15/h2-5H,6H2,1H3,(H,12,16). The molecular weight excluding hydrogens is 224 g/mol. The SMILES string of the molecule is CNC(=O)OCN1C(=O)c2ccccc2C1=O. The molecule has 0 atom stereocenters. The lowest BCUT2D eigenvalue weighted by Gasteiger charge is -2.13. The van der Waals surface area contributed by atoms with Gasteiger partial charge in [0.2, 0.25) is 0 Å². The average Bonchev–Trinajstić information content (AvgIpc) is 2.60. The molecule has 2 rings (SSSR count). The van der Waals surface area contributed by atoms with E-state index in [4.69, 9.17) is 0 Å². The van der Waals surface area contributed by atoms with Gasteiger partial charge in [-0.25, -0.2) is 9.69 Å². The number of nitrogens with one attached hydrogen (secondary N) is 1. The van der Waals surface area contributed by atoms with Crippen molar-refractivity contribution in [2.24, 2.45) is 0 Å². The Hall–Kier alpha value is -2.37. The second-order valence-electron chi connectivity index (χ2n) is 3.39. The molecule has 0 spiro atoms. The average molecular weight is 234 g/mol. The third kappa shape index (κ3) is 1.84. The zero-order chi connectivity index (χ0) is 12.4. The predicted molar refractivity (Wildman–Crippen MR) is 57.3 cm³/mol. The van der Waals surface area contributed by atoms with Gasteiger partial charge in [-0.3, -0.25) is 9.59 Å². The topological polar surface area (TPSA) is 75.7 Å². The zero-order valence-electron chi connectivity index (χ0n) is 9.10. The molecule has 17 heavy (non-hydrogen) atoms. The molecule has 0 saturated heterocycles. The Labute approximate surface area is 97.2 Å². The van der Waals surface area contributed by atoms with Crippen molar-refractivity contribution >= 4 is 17.9 Å². The fourth-order valence-electron chi connectivity index (χ4n) is 1.55. The smallest absolute Gasteiger partial charge is 0.408 e. The van der Waals surface area contributed by atoms with Crippen LogP contribution in [0.1, 0.15) is 20.7 Å². The Kier molecular flexibility index (Phi) is 2.78. The van der Waals surface area contributed by atoms with Crippen molar-refractivity contribution < 1.29 is 19.1 Å². The van der Waals surface area contributed by atoms with E-state index in [9.17, 15) is 14.4 Å². The quantitative estimate of drug-likeness (QED) is 0.760. The number of rotatable bonds is 2. The summed E-state index contributed by atoms with van der Waals surface area (Å²) in [6.45, 7) is -0.383. The minimum atomic E-state index is -0.693. The molecule has 1 aliphatic heterocycles. The van der Waals surface area contributed by atoms with E-state index in [2.05, 4.69) is 10.1 Å². The van der Waals surface area contributed by atoms with Crippen molar-refractivity contribution in [3.8, 4) is 0 Å². The Bertz CT molecular complexity index is 463. The number of carbonyl (C=O) groups is 3. The fourth-order valence-corrected chi connectivity index (χ4v) is 1.55. The Morgan fingerprint density at radius 2 is 1.76 bits per heavy atom. The van der Waals surface area contributed by atoms with E-state index in [0.717, 1.165) is 4.90 Å². The van der Waals surface area contributed by atoms with Crippen LogP contribution >= 0.6 is 0 Å². The Balaban J connectivity index is 2.16. The minimum Gasteiger partial charge on any atom is -0.428 e.